The van der Waals surface area contributed by atoms with E-state index in [0.29, 0.717) is 0 Å². The molecule has 0 aliphatic heterocycles. The zero-order valence-electron chi connectivity index (χ0n) is 5.19. The van der Waals surface area contributed by atoms with Gasteiger partial charge in [0.05, 0.1) is 6.17 Å². The molecule has 0 aliphatic carbocycles. The Bertz CT molecular complexity index is 39.4. The maximum Gasteiger partial charge on any atom is 0.0520 e. The first kappa shape index (κ1) is 11.3. The van der Waals surface area contributed by atoms with Gasteiger partial charge in [-0.3, -0.25) is 0 Å². The van der Waals surface area contributed by atoms with Crippen molar-refractivity contribution in [1.82, 2.24) is 0 Å². The molecule has 0 saturated heterocycles. The van der Waals surface area contributed by atoms with Crippen molar-refractivity contribution in [3.8, 4) is 0 Å². The molecule has 0 bridgehead atoms. The van der Waals surface area contributed by atoms with Crippen molar-refractivity contribution in [2.45, 2.75) is 32.4 Å². The SMILES string of the molecule is CCCCC(N)N.[Co]. The van der Waals surface area contributed by atoms with E-state index in [2.05, 4.69) is 6.92 Å². The van der Waals surface area contributed by atoms with Crippen LogP contribution in [0.3, 0.4) is 0 Å². The third-order valence-corrected chi connectivity index (χ3v) is 0.891. The molecule has 1 radical (unpaired) electrons. The number of unbranched alkanes of at least 4 members (excludes halogenated alkanes) is 1. The van der Waals surface area contributed by atoms with Gasteiger partial charge in [0.1, 0.15) is 0 Å². The second-order valence-electron chi connectivity index (χ2n) is 1.81. The summed E-state index contributed by atoms with van der Waals surface area (Å²) in [5, 5.41) is 0. The van der Waals surface area contributed by atoms with Crippen LogP contribution in [0.15, 0.2) is 0 Å². The second-order valence-corrected chi connectivity index (χ2v) is 1.81. The van der Waals surface area contributed by atoms with Gasteiger partial charge in [-0.1, -0.05) is 19.8 Å². The molecule has 0 heterocycles. The zero-order valence-corrected chi connectivity index (χ0v) is 6.23. The molecular formula is C5H14CoN2. The molecule has 0 spiro atoms. The van der Waals surface area contributed by atoms with Gasteiger partial charge in [0, 0.05) is 16.8 Å². The smallest absolute Gasteiger partial charge is 0.0520 e. The molecule has 0 fully saturated rings. The van der Waals surface area contributed by atoms with E-state index in [-0.39, 0.29) is 22.9 Å². The number of hydrogen-bond donors (Lipinski definition) is 2. The molecule has 0 aliphatic rings. The first-order valence-electron chi connectivity index (χ1n) is 2.78. The predicted molar refractivity (Wildman–Crippen MR) is 31.7 cm³/mol. The molecular weight excluding hydrogens is 147 g/mol. The van der Waals surface area contributed by atoms with Crippen molar-refractivity contribution < 1.29 is 16.8 Å². The Morgan fingerprint density at radius 2 is 1.88 bits per heavy atom. The van der Waals surface area contributed by atoms with Crippen LogP contribution in [-0.4, -0.2) is 6.17 Å². The van der Waals surface area contributed by atoms with Crippen molar-refractivity contribution in [2.75, 3.05) is 0 Å². The number of rotatable bonds is 3. The third kappa shape index (κ3) is 9.66. The summed E-state index contributed by atoms with van der Waals surface area (Å²) in [6.07, 6.45) is 3.19. The Morgan fingerprint density at radius 1 is 1.38 bits per heavy atom. The van der Waals surface area contributed by atoms with E-state index >= 15 is 0 Å². The molecule has 0 unspecified atom stereocenters. The molecule has 8 heavy (non-hydrogen) atoms. The van der Waals surface area contributed by atoms with E-state index in [1.165, 1.54) is 6.42 Å². The van der Waals surface area contributed by atoms with Crippen LogP contribution >= 0.6 is 0 Å². The van der Waals surface area contributed by atoms with Gasteiger partial charge in [-0.15, -0.1) is 0 Å². The van der Waals surface area contributed by atoms with Crippen LogP contribution in [0.25, 0.3) is 0 Å². The topological polar surface area (TPSA) is 52.0 Å². The van der Waals surface area contributed by atoms with E-state index in [9.17, 15) is 0 Å². The minimum absolute atomic E-state index is 0. The minimum atomic E-state index is -0.0973. The molecule has 0 aromatic rings. The van der Waals surface area contributed by atoms with E-state index in [4.69, 9.17) is 11.5 Å². The van der Waals surface area contributed by atoms with Gasteiger partial charge in [0.25, 0.3) is 0 Å². The number of hydrogen-bond acceptors (Lipinski definition) is 2. The first-order chi connectivity index (χ1) is 3.27. The van der Waals surface area contributed by atoms with Crippen LogP contribution in [0.2, 0.25) is 0 Å². The van der Waals surface area contributed by atoms with E-state index in [0.717, 1.165) is 12.8 Å². The summed E-state index contributed by atoms with van der Waals surface area (Å²) in [5.41, 5.74) is 10.5. The van der Waals surface area contributed by atoms with Gasteiger partial charge < -0.3 is 11.5 Å². The monoisotopic (exact) mass is 161 g/mol. The number of nitrogens with two attached hydrogens (primary N) is 2. The normalized spacial score (nSPS) is 9.00. The summed E-state index contributed by atoms with van der Waals surface area (Å²) in [6.45, 7) is 2.13. The van der Waals surface area contributed by atoms with Crippen molar-refractivity contribution in [3.05, 3.63) is 0 Å². The Hall–Kier alpha value is 0.426. The van der Waals surface area contributed by atoms with Crippen LogP contribution in [0.5, 0.6) is 0 Å². The minimum Gasteiger partial charge on any atom is -0.316 e. The quantitative estimate of drug-likeness (QED) is 0.589. The Morgan fingerprint density at radius 3 is 2.00 bits per heavy atom. The van der Waals surface area contributed by atoms with Crippen molar-refractivity contribution in [2.24, 2.45) is 11.5 Å². The van der Waals surface area contributed by atoms with Crippen molar-refractivity contribution in [1.29, 1.82) is 0 Å². The predicted octanol–water partition coefficient (Wildman–Crippen LogP) is 0.418. The van der Waals surface area contributed by atoms with Crippen LogP contribution in [0.1, 0.15) is 26.2 Å². The van der Waals surface area contributed by atoms with Gasteiger partial charge in [0.2, 0.25) is 0 Å². The maximum absolute atomic E-state index is 5.26. The van der Waals surface area contributed by atoms with Crippen LogP contribution in [0.4, 0.5) is 0 Å². The fourth-order valence-electron chi connectivity index (χ4n) is 0.440. The first-order valence-corrected chi connectivity index (χ1v) is 2.78. The van der Waals surface area contributed by atoms with E-state index in [1.54, 1.807) is 0 Å². The van der Waals surface area contributed by atoms with E-state index in [1.807, 2.05) is 0 Å². The largest absolute Gasteiger partial charge is 0.316 e. The van der Waals surface area contributed by atoms with Crippen LogP contribution < -0.4 is 11.5 Å². The van der Waals surface area contributed by atoms with Crippen molar-refractivity contribution >= 4 is 0 Å². The molecule has 0 aromatic carbocycles. The third-order valence-electron chi connectivity index (χ3n) is 0.891. The zero-order chi connectivity index (χ0) is 5.70. The van der Waals surface area contributed by atoms with Gasteiger partial charge in [0.15, 0.2) is 0 Å². The Labute approximate surface area is 61.2 Å². The van der Waals surface area contributed by atoms with Crippen molar-refractivity contribution in [3.63, 3.8) is 0 Å². The van der Waals surface area contributed by atoms with Gasteiger partial charge >= 0.3 is 0 Å². The summed E-state index contributed by atoms with van der Waals surface area (Å²) >= 11 is 0. The van der Waals surface area contributed by atoms with Gasteiger partial charge in [-0.05, 0) is 6.42 Å². The summed E-state index contributed by atoms with van der Waals surface area (Å²) in [4.78, 5) is 0. The molecule has 0 atom stereocenters. The summed E-state index contributed by atoms with van der Waals surface area (Å²) in [6, 6.07) is 0. The maximum atomic E-state index is 5.26. The van der Waals surface area contributed by atoms with Gasteiger partial charge in [-0.25, -0.2) is 0 Å². The fraction of sp³-hybridized carbons (Fsp3) is 1.00. The molecule has 3 heteroatoms. The van der Waals surface area contributed by atoms with E-state index < -0.39 is 0 Å². The summed E-state index contributed by atoms with van der Waals surface area (Å²) in [7, 11) is 0. The van der Waals surface area contributed by atoms with Crippen LogP contribution in [0, 0.1) is 0 Å². The second kappa shape index (κ2) is 7.43. The standard InChI is InChI=1S/C5H14N2.Co/c1-2-3-4-5(6)7;/h5H,2-4,6-7H2,1H3;. The van der Waals surface area contributed by atoms with Crippen LogP contribution in [-0.2, 0) is 16.8 Å². The molecule has 0 saturated carbocycles. The summed E-state index contributed by atoms with van der Waals surface area (Å²) in [5.74, 6) is 0. The fourth-order valence-corrected chi connectivity index (χ4v) is 0.440. The molecule has 53 valence electrons. The molecule has 2 nitrogen and oxygen atoms in total. The molecule has 0 aromatic heterocycles. The Balaban J connectivity index is 0. The summed E-state index contributed by atoms with van der Waals surface area (Å²) < 4.78 is 0. The van der Waals surface area contributed by atoms with Gasteiger partial charge in [-0.2, -0.15) is 0 Å². The molecule has 0 rings (SSSR count). The molecule has 0 amide bonds. The Kier molecular flexibility index (Phi) is 10.4. The molecule has 4 N–H and O–H groups in total. The average molecular weight is 161 g/mol. The average Bonchev–Trinajstić information content (AvgIpc) is 1.61.